The highest BCUT2D eigenvalue weighted by molar-refractivity contribution is 14.1. The molecular weight excluding hydrogens is 430 g/mol. The van der Waals surface area contributed by atoms with Gasteiger partial charge in [-0.3, -0.25) is 0 Å². The normalized spacial score (nSPS) is 10.2. The largest absolute Gasteiger partial charge is 0.372 e. The Kier molecular flexibility index (Phi) is 4.63. The minimum absolute atomic E-state index is 0.703. The number of anilines is 3. The summed E-state index contributed by atoms with van der Waals surface area (Å²) < 4.78 is 1.81. The number of halogens is 3. The molecule has 0 fully saturated rings. The molecule has 0 spiro atoms. The molecule has 0 aliphatic heterocycles. The Bertz CT molecular complexity index is 579. The van der Waals surface area contributed by atoms with Crippen LogP contribution in [0.25, 0.3) is 0 Å². The highest BCUT2D eigenvalue weighted by Crippen LogP contribution is 2.31. The number of rotatable bonds is 3. The Labute approximate surface area is 132 Å². The molecule has 7 heteroatoms. The zero-order valence-electron chi connectivity index (χ0n) is 9.34. The maximum Gasteiger partial charge on any atom is 0.150 e. The molecule has 0 atom stereocenters. The van der Waals surface area contributed by atoms with Crippen LogP contribution in [0.5, 0.6) is 0 Å². The lowest BCUT2D eigenvalue weighted by molar-refractivity contribution is 1.14. The van der Waals surface area contributed by atoms with Crippen molar-refractivity contribution in [1.29, 1.82) is 0 Å². The lowest BCUT2D eigenvalue weighted by Gasteiger charge is -2.11. The molecule has 0 saturated heterocycles. The summed E-state index contributed by atoms with van der Waals surface area (Å²) in [6.45, 7) is 0. The third-order valence-electron chi connectivity index (χ3n) is 2.21. The van der Waals surface area contributed by atoms with Crippen molar-refractivity contribution in [3.63, 3.8) is 0 Å². The number of benzene rings is 1. The molecule has 0 aliphatic carbocycles. The average Bonchev–Trinajstić information content (AvgIpc) is 2.35. The topological polar surface area (TPSA) is 49.8 Å². The van der Waals surface area contributed by atoms with E-state index in [9.17, 15) is 0 Å². The fourth-order valence-electron chi connectivity index (χ4n) is 1.35. The lowest BCUT2D eigenvalue weighted by Crippen LogP contribution is -2.01. The summed E-state index contributed by atoms with van der Waals surface area (Å²) in [5.41, 5.74) is 0.946. The smallest absolute Gasteiger partial charge is 0.150 e. The summed E-state index contributed by atoms with van der Waals surface area (Å²) in [4.78, 5) is 8.30. The molecule has 4 nitrogen and oxygen atoms in total. The van der Waals surface area contributed by atoms with Crippen LogP contribution in [0.1, 0.15) is 0 Å². The predicted molar refractivity (Wildman–Crippen MR) is 86.7 cm³/mol. The van der Waals surface area contributed by atoms with Gasteiger partial charge in [-0.2, -0.15) is 0 Å². The van der Waals surface area contributed by atoms with Crippen LogP contribution in [0.4, 0.5) is 17.3 Å². The van der Waals surface area contributed by atoms with Crippen LogP contribution < -0.4 is 10.6 Å². The summed E-state index contributed by atoms with van der Waals surface area (Å²) in [6.07, 6.45) is 1.50. The Hall–Kier alpha value is -0.600. The van der Waals surface area contributed by atoms with E-state index in [-0.39, 0.29) is 0 Å². The zero-order valence-corrected chi connectivity index (χ0v) is 13.8. The summed E-state index contributed by atoms with van der Waals surface area (Å²) in [5.74, 6) is 1.44. The molecule has 94 valence electrons. The molecule has 18 heavy (non-hydrogen) atoms. The maximum atomic E-state index is 5.92. The molecule has 0 amide bonds. The Morgan fingerprint density at radius 3 is 2.67 bits per heavy atom. The van der Waals surface area contributed by atoms with E-state index in [0.29, 0.717) is 10.8 Å². The van der Waals surface area contributed by atoms with Crippen molar-refractivity contribution in [1.82, 2.24) is 9.97 Å². The molecular formula is C11H9BrClIN4. The van der Waals surface area contributed by atoms with Crippen LogP contribution >= 0.6 is 50.1 Å². The van der Waals surface area contributed by atoms with Crippen LogP contribution in [0.3, 0.4) is 0 Å². The van der Waals surface area contributed by atoms with Crippen LogP contribution in [-0.2, 0) is 0 Å². The van der Waals surface area contributed by atoms with Gasteiger partial charge in [0.05, 0.1) is 5.69 Å². The fourth-order valence-corrected chi connectivity index (χ4v) is 2.86. The second kappa shape index (κ2) is 6.03. The first-order valence-electron chi connectivity index (χ1n) is 5.02. The lowest BCUT2D eigenvalue weighted by atomic mass is 10.3. The predicted octanol–water partition coefficient (Wildman–Crippen LogP) is 4.28. The average molecular weight is 439 g/mol. The summed E-state index contributed by atoms with van der Waals surface area (Å²) >= 11 is 11.6. The molecule has 1 heterocycles. The van der Waals surface area contributed by atoms with Gasteiger partial charge in [-0.1, -0.05) is 11.6 Å². The van der Waals surface area contributed by atoms with Crippen LogP contribution in [0.2, 0.25) is 5.02 Å². The van der Waals surface area contributed by atoms with Crippen molar-refractivity contribution >= 4 is 67.4 Å². The van der Waals surface area contributed by atoms with Crippen LogP contribution in [0.15, 0.2) is 29.0 Å². The van der Waals surface area contributed by atoms with E-state index in [4.69, 9.17) is 11.6 Å². The highest BCUT2D eigenvalue weighted by Gasteiger charge is 2.09. The van der Waals surface area contributed by atoms with Crippen LogP contribution in [0, 0.1) is 3.57 Å². The van der Waals surface area contributed by atoms with Gasteiger partial charge in [-0.05, 0) is 56.7 Å². The van der Waals surface area contributed by atoms with E-state index >= 15 is 0 Å². The molecule has 0 aliphatic rings. The second-order valence-corrected chi connectivity index (χ2v) is 5.78. The molecule has 1 aromatic carbocycles. The molecule has 2 N–H and O–H groups in total. The molecule has 2 rings (SSSR count). The summed E-state index contributed by atoms with van der Waals surface area (Å²) in [7, 11) is 1.81. The zero-order chi connectivity index (χ0) is 13.1. The third kappa shape index (κ3) is 3.04. The number of nitrogens with one attached hydrogen (secondary N) is 2. The minimum Gasteiger partial charge on any atom is -0.372 e. The number of hydrogen-bond acceptors (Lipinski definition) is 4. The number of hydrogen-bond donors (Lipinski definition) is 2. The van der Waals surface area contributed by atoms with Crippen molar-refractivity contribution < 1.29 is 0 Å². The van der Waals surface area contributed by atoms with Crippen molar-refractivity contribution in [3.05, 3.63) is 37.6 Å². The number of aromatic nitrogens is 2. The first-order chi connectivity index (χ1) is 8.61. The standard InChI is InChI=1S/C11H9BrClIN4/c1-15-10-9(12)11(17-5-16-10)18-8-3-2-6(13)4-7(8)14/h2-5H,1H3,(H2,15,16,17,18). The highest BCUT2D eigenvalue weighted by atomic mass is 127. The summed E-state index contributed by atoms with van der Waals surface area (Å²) in [6, 6.07) is 5.64. The van der Waals surface area contributed by atoms with Gasteiger partial charge in [0.25, 0.3) is 0 Å². The minimum atomic E-state index is 0.703. The van der Waals surface area contributed by atoms with Crippen LogP contribution in [-0.4, -0.2) is 17.0 Å². The third-order valence-corrected chi connectivity index (χ3v) is 4.09. The van der Waals surface area contributed by atoms with Gasteiger partial charge >= 0.3 is 0 Å². The van der Waals surface area contributed by atoms with E-state index in [0.717, 1.165) is 19.5 Å². The first kappa shape index (κ1) is 13.8. The van der Waals surface area contributed by atoms with E-state index in [1.54, 1.807) is 0 Å². The Balaban J connectivity index is 2.34. The van der Waals surface area contributed by atoms with Gasteiger partial charge in [-0.15, -0.1) is 0 Å². The fraction of sp³-hybridized carbons (Fsp3) is 0.0909. The Morgan fingerprint density at radius 2 is 2.00 bits per heavy atom. The molecule has 1 aromatic heterocycles. The maximum absolute atomic E-state index is 5.92. The van der Waals surface area contributed by atoms with Crippen molar-refractivity contribution in [2.24, 2.45) is 0 Å². The van der Waals surface area contributed by atoms with Crippen molar-refractivity contribution in [2.45, 2.75) is 0 Å². The monoisotopic (exact) mass is 438 g/mol. The van der Waals surface area contributed by atoms with E-state index in [2.05, 4.69) is 59.1 Å². The molecule has 0 unspecified atom stereocenters. The molecule has 0 saturated carbocycles. The number of nitrogens with zero attached hydrogens (tertiary/aromatic N) is 2. The van der Waals surface area contributed by atoms with Gasteiger partial charge in [0.15, 0.2) is 0 Å². The van der Waals surface area contributed by atoms with Crippen molar-refractivity contribution in [3.8, 4) is 0 Å². The first-order valence-corrected chi connectivity index (χ1v) is 7.27. The molecule has 0 bridgehead atoms. The van der Waals surface area contributed by atoms with Gasteiger partial charge < -0.3 is 10.6 Å². The van der Waals surface area contributed by atoms with E-state index in [1.807, 2.05) is 25.2 Å². The van der Waals surface area contributed by atoms with Gasteiger partial charge in [0, 0.05) is 15.6 Å². The molecule has 2 aromatic rings. The van der Waals surface area contributed by atoms with Gasteiger partial charge in [-0.25, -0.2) is 9.97 Å². The van der Waals surface area contributed by atoms with Gasteiger partial charge in [0.1, 0.15) is 22.4 Å². The van der Waals surface area contributed by atoms with Crippen molar-refractivity contribution in [2.75, 3.05) is 17.7 Å². The van der Waals surface area contributed by atoms with E-state index < -0.39 is 0 Å². The Morgan fingerprint density at radius 1 is 1.28 bits per heavy atom. The quantitative estimate of drug-likeness (QED) is 0.701. The SMILES string of the molecule is CNc1ncnc(Nc2ccc(Cl)cc2I)c1Br. The molecule has 0 radical (unpaired) electrons. The summed E-state index contributed by atoms with van der Waals surface area (Å²) in [5, 5.41) is 6.93. The van der Waals surface area contributed by atoms with E-state index in [1.165, 1.54) is 6.33 Å². The second-order valence-electron chi connectivity index (χ2n) is 3.38. The van der Waals surface area contributed by atoms with Gasteiger partial charge in [0.2, 0.25) is 0 Å².